The zero-order chi connectivity index (χ0) is 13.0. The molecule has 4 nitrogen and oxygen atoms in total. The molecule has 1 aliphatic carbocycles. The lowest BCUT2D eigenvalue weighted by Crippen LogP contribution is -2.30. The number of hydrogen-bond donors (Lipinski definition) is 1. The Balaban J connectivity index is 2.15. The molecular formula is C13H20ClN3O. The van der Waals surface area contributed by atoms with Crippen molar-refractivity contribution in [3.63, 3.8) is 0 Å². The third kappa shape index (κ3) is 3.34. The Bertz CT molecular complexity index is 396. The lowest BCUT2D eigenvalue weighted by molar-refractivity contribution is 0.204. The predicted molar refractivity (Wildman–Crippen MR) is 74.3 cm³/mol. The third-order valence-corrected chi connectivity index (χ3v) is 3.45. The molecule has 0 saturated heterocycles. The topological polar surface area (TPSA) is 37.4 Å². The normalized spacial score (nSPS) is 14.8. The molecule has 0 bridgehead atoms. The number of rotatable bonds is 7. The third-order valence-electron chi connectivity index (χ3n) is 3.11. The fourth-order valence-corrected chi connectivity index (χ4v) is 2.18. The first kappa shape index (κ1) is 13.6. The summed E-state index contributed by atoms with van der Waals surface area (Å²) in [5, 5.41) is 3.84. The second-order valence-electron chi connectivity index (χ2n) is 4.58. The van der Waals surface area contributed by atoms with E-state index in [2.05, 4.69) is 21.3 Å². The summed E-state index contributed by atoms with van der Waals surface area (Å²) in [7, 11) is 3.65. The van der Waals surface area contributed by atoms with Gasteiger partial charge >= 0.3 is 0 Å². The van der Waals surface area contributed by atoms with E-state index in [0.29, 0.717) is 6.04 Å². The van der Waals surface area contributed by atoms with Crippen LogP contribution in [0.4, 0.5) is 5.82 Å². The zero-order valence-electron chi connectivity index (χ0n) is 10.9. The highest BCUT2D eigenvalue weighted by atomic mass is 35.5. The quantitative estimate of drug-likeness (QED) is 0.822. The Hall–Kier alpha value is -0.840. The molecule has 1 aromatic rings. The van der Waals surface area contributed by atoms with Crippen molar-refractivity contribution >= 4 is 17.4 Å². The second kappa shape index (κ2) is 6.36. The summed E-state index contributed by atoms with van der Waals surface area (Å²) in [6.07, 6.45) is 4.23. The summed E-state index contributed by atoms with van der Waals surface area (Å²) in [5.74, 6) is 1.00. The number of methoxy groups -OCH3 is 1. The van der Waals surface area contributed by atoms with Crippen LogP contribution in [0.5, 0.6) is 0 Å². The first-order valence-corrected chi connectivity index (χ1v) is 6.68. The molecule has 0 unspecified atom stereocenters. The van der Waals surface area contributed by atoms with E-state index in [1.54, 1.807) is 13.3 Å². The molecule has 2 rings (SSSR count). The fourth-order valence-electron chi connectivity index (χ4n) is 2.01. The number of ether oxygens (including phenoxy) is 1. The second-order valence-corrected chi connectivity index (χ2v) is 4.99. The summed E-state index contributed by atoms with van der Waals surface area (Å²) in [6.45, 7) is 2.37. The van der Waals surface area contributed by atoms with Gasteiger partial charge in [0.15, 0.2) is 0 Å². The first-order valence-electron chi connectivity index (χ1n) is 6.31. The maximum Gasteiger partial charge on any atom is 0.129 e. The molecule has 1 heterocycles. The van der Waals surface area contributed by atoms with Crippen molar-refractivity contribution in [1.82, 2.24) is 10.3 Å². The summed E-state index contributed by atoms with van der Waals surface area (Å²) in [4.78, 5) is 6.76. The fraction of sp³-hybridized carbons (Fsp3) is 0.615. The average Bonchev–Trinajstić information content (AvgIpc) is 3.18. The zero-order valence-corrected chi connectivity index (χ0v) is 11.7. The molecule has 0 radical (unpaired) electrons. The van der Waals surface area contributed by atoms with Crippen LogP contribution >= 0.6 is 11.6 Å². The molecule has 0 spiro atoms. The molecule has 0 aliphatic heterocycles. The Morgan fingerprint density at radius 2 is 2.33 bits per heavy atom. The Morgan fingerprint density at radius 3 is 2.94 bits per heavy atom. The van der Waals surface area contributed by atoms with Crippen LogP contribution in [0.1, 0.15) is 18.4 Å². The van der Waals surface area contributed by atoms with Gasteiger partial charge in [-0.1, -0.05) is 11.6 Å². The minimum absolute atomic E-state index is 0.622. The first-order chi connectivity index (χ1) is 8.76. The molecule has 1 saturated carbocycles. The van der Waals surface area contributed by atoms with E-state index >= 15 is 0 Å². The smallest absolute Gasteiger partial charge is 0.129 e. The van der Waals surface area contributed by atoms with Crippen LogP contribution < -0.4 is 10.2 Å². The standard InChI is InChI=1S/C13H20ClN3O/c1-15-8-10-7-13(16-9-12(10)14)17(5-6-18-2)11-3-4-11/h7,9,11,15H,3-6,8H2,1-2H3. The van der Waals surface area contributed by atoms with Gasteiger partial charge < -0.3 is 15.0 Å². The molecule has 1 N–H and O–H groups in total. The van der Waals surface area contributed by atoms with Crippen LogP contribution in [-0.2, 0) is 11.3 Å². The van der Waals surface area contributed by atoms with Crippen LogP contribution in [-0.4, -0.2) is 38.3 Å². The van der Waals surface area contributed by atoms with Crippen LogP contribution in [0.3, 0.4) is 0 Å². The molecule has 0 aromatic carbocycles. The van der Waals surface area contributed by atoms with Crippen molar-refractivity contribution in [3.8, 4) is 0 Å². The lowest BCUT2D eigenvalue weighted by atomic mass is 10.2. The number of nitrogens with zero attached hydrogens (tertiary/aromatic N) is 2. The number of anilines is 1. The van der Waals surface area contributed by atoms with Gasteiger partial charge in [-0.25, -0.2) is 4.98 Å². The number of pyridine rings is 1. The van der Waals surface area contributed by atoms with Gasteiger partial charge in [-0.15, -0.1) is 0 Å². The van der Waals surface area contributed by atoms with Crippen molar-refractivity contribution in [1.29, 1.82) is 0 Å². The number of aromatic nitrogens is 1. The van der Waals surface area contributed by atoms with Crippen molar-refractivity contribution in [2.45, 2.75) is 25.4 Å². The lowest BCUT2D eigenvalue weighted by Gasteiger charge is -2.23. The van der Waals surface area contributed by atoms with Crippen LogP contribution in [0.15, 0.2) is 12.3 Å². The molecular weight excluding hydrogens is 250 g/mol. The highest BCUT2D eigenvalue weighted by Crippen LogP contribution is 2.31. The SMILES string of the molecule is CNCc1cc(N(CCOC)C2CC2)ncc1Cl. The minimum Gasteiger partial charge on any atom is -0.383 e. The summed E-state index contributed by atoms with van der Waals surface area (Å²) in [5.41, 5.74) is 1.09. The van der Waals surface area contributed by atoms with Gasteiger partial charge in [0.25, 0.3) is 0 Å². The van der Waals surface area contributed by atoms with Gasteiger partial charge in [-0.2, -0.15) is 0 Å². The van der Waals surface area contributed by atoms with E-state index in [-0.39, 0.29) is 0 Å². The number of halogens is 1. The van der Waals surface area contributed by atoms with E-state index in [1.807, 2.05) is 7.05 Å². The van der Waals surface area contributed by atoms with Crippen LogP contribution in [0, 0.1) is 0 Å². The summed E-state index contributed by atoms with van der Waals surface area (Å²) in [6, 6.07) is 2.70. The number of hydrogen-bond acceptors (Lipinski definition) is 4. The maximum absolute atomic E-state index is 6.13. The average molecular weight is 270 g/mol. The van der Waals surface area contributed by atoms with Gasteiger partial charge in [0.05, 0.1) is 11.6 Å². The van der Waals surface area contributed by atoms with E-state index in [0.717, 1.165) is 36.1 Å². The Morgan fingerprint density at radius 1 is 1.56 bits per heavy atom. The summed E-state index contributed by atoms with van der Waals surface area (Å²) < 4.78 is 5.17. The maximum atomic E-state index is 6.13. The predicted octanol–water partition coefficient (Wildman–Crippen LogP) is 2.07. The Kier molecular flexibility index (Phi) is 4.80. The van der Waals surface area contributed by atoms with E-state index < -0.39 is 0 Å². The van der Waals surface area contributed by atoms with Crippen molar-refractivity contribution < 1.29 is 4.74 Å². The largest absolute Gasteiger partial charge is 0.383 e. The molecule has 18 heavy (non-hydrogen) atoms. The molecule has 0 amide bonds. The Labute approximate surface area is 113 Å². The van der Waals surface area contributed by atoms with Gasteiger partial charge in [0.2, 0.25) is 0 Å². The van der Waals surface area contributed by atoms with E-state index in [1.165, 1.54) is 12.8 Å². The molecule has 1 aliphatic rings. The monoisotopic (exact) mass is 269 g/mol. The van der Waals surface area contributed by atoms with Gasteiger partial charge in [0.1, 0.15) is 5.82 Å². The molecule has 5 heteroatoms. The van der Waals surface area contributed by atoms with Crippen molar-refractivity contribution in [3.05, 3.63) is 22.8 Å². The highest BCUT2D eigenvalue weighted by Gasteiger charge is 2.29. The summed E-state index contributed by atoms with van der Waals surface area (Å²) >= 11 is 6.13. The van der Waals surface area contributed by atoms with E-state index in [9.17, 15) is 0 Å². The minimum atomic E-state index is 0.622. The van der Waals surface area contributed by atoms with Gasteiger partial charge in [-0.3, -0.25) is 0 Å². The molecule has 1 fully saturated rings. The van der Waals surface area contributed by atoms with Crippen molar-refractivity contribution in [2.75, 3.05) is 32.2 Å². The van der Waals surface area contributed by atoms with E-state index in [4.69, 9.17) is 16.3 Å². The van der Waals surface area contributed by atoms with Crippen LogP contribution in [0.25, 0.3) is 0 Å². The van der Waals surface area contributed by atoms with Gasteiger partial charge in [-0.05, 0) is 31.5 Å². The van der Waals surface area contributed by atoms with Gasteiger partial charge in [0, 0.05) is 32.4 Å². The van der Waals surface area contributed by atoms with Crippen LogP contribution in [0.2, 0.25) is 5.02 Å². The molecule has 0 atom stereocenters. The molecule has 100 valence electrons. The number of nitrogens with one attached hydrogen (secondary N) is 1. The highest BCUT2D eigenvalue weighted by molar-refractivity contribution is 6.31. The van der Waals surface area contributed by atoms with Crippen molar-refractivity contribution in [2.24, 2.45) is 0 Å². The molecule has 1 aromatic heterocycles.